The molecule has 0 saturated carbocycles. The summed E-state index contributed by atoms with van der Waals surface area (Å²) in [7, 11) is 0. The van der Waals surface area contributed by atoms with E-state index in [0.717, 1.165) is 0 Å². The molecule has 1 aromatic rings. The van der Waals surface area contributed by atoms with Crippen molar-refractivity contribution >= 4 is 11.9 Å². The van der Waals surface area contributed by atoms with Crippen LogP contribution in [-0.2, 0) is 9.47 Å². The summed E-state index contributed by atoms with van der Waals surface area (Å²) in [6, 6.07) is 6.29. The first-order valence-electron chi connectivity index (χ1n) is 6.39. The number of hydrogen-bond acceptors (Lipinski definition) is 5. The zero-order valence-corrected chi connectivity index (χ0v) is 12.0. The number of carbonyl (C=O) groups is 2. The second kappa shape index (κ2) is 7.05. The van der Waals surface area contributed by atoms with Crippen LogP contribution in [0.15, 0.2) is 24.3 Å². The van der Waals surface area contributed by atoms with Gasteiger partial charge in [0.25, 0.3) is 0 Å². The summed E-state index contributed by atoms with van der Waals surface area (Å²) in [6.45, 7) is 5.73. The average Bonchev–Trinajstić information content (AvgIpc) is 2.41. The second-order valence-electron chi connectivity index (χ2n) is 5.54. The number of ether oxygens (including phenoxy) is 2. The lowest BCUT2D eigenvalue weighted by atomic mass is 9.98. The van der Waals surface area contributed by atoms with Gasteiger partial charge in [-0.3, -0.25) is 0 Å². The summed E-state index contributed by atoms with van der Waals surface area (Å²) in [5.41, 5.74) is 0.154. The molecule has 1 aromatic carbocycles. The summed E-state index contributed by atoms with van der Waals surface area (Å²) in [5, 5.41) is 8.65. The van der Waals surface area contributed by atoms with Gasteiger partial charge in [-0.1, -0.05) is 32.9 Å². The average molecular weight is 280 g/mol. The van der Waals surface area contributed by atoms with Gasteiger partial charge in [0, 0.05) is 0 Å². The largest absolute Gasteiger partial charge is 0.462 e. The third-order valence-electron chi connectivity index (χ3n) is 2.33. The number of rotatable bonds is 5. The minimum absolute atomic E-state index is 0.107. The van der Waals surface area contributed by atoms with E-state index in [-0.39, 0.29) is 36.4 Å². The highest BCUT2D eigenvalue weighted by Crippen LogP contribution is 2.16. The molecule has 5 heteroatoms. The van der Waals surface area contributed by atoms with E-state index >= 15 is 0 Å². The number of hydrogen-bond donors (Lipinski definition) is 1. The molecule has 5 nitrogen and oxygen atoms in total. The van der Waals surface area contributed by atoms with E-state index in [1.165, 1.54) is 12.1 Å². The Kier molecular flexibility index (Phi) is 5.70. The van der Waals surface area contributed by atoms with Crippen LogP contribution in [0.3, 0.4) is 0 Å². The third-order valence-corrected chi connectivity index (χ3v) is 2.33. The van der Waals surface area contributed by atoms with Crippen molar-refractivity contribution in [1.82, 2.24) is 0 Å². The van der Waals surface area contributed by atoms with Gasteiger partial charge in [0.1, 0.15) is 6.61 Å². The van der Waals surface area contributed by atoms with Crippen molar-refractivity contribution in [2.24, 2.45) is 5.41 Å². The lowest BCUT2D eigenvalue weighted by Gasteiger charge is -2.18. The number of esters is 2. The van der Waals surface area contributed by atoms with E-state index in [1.54, 1.807) is 12.1 Å². The Bertz CT molecular complexity index is 473. The van der Waals surface area contributed by atoms with E-state index in [0.29, 0.717) is 0 Å². The second-order valence-corrected chi connectivity index (χ2v) is 5.54. The normalized spacial score (nSPS) is 11.0. The van der Waals surface area contributed by atoms with Gasteiger partial charge < -0.3 is 14.6 Å². The van der Waals surface area contributed by atoms with Gasteiger partial charge in [0.2, 0.25) is 0 Å². The molecule has 0 spiro atoms. The van der Waals surface area contributed by atoms with Gasteiger partial charge >= 0.3 is 11.9 Å². The molecule has 0 atom stereocenters. The van der Waals surface area contributed by atoms with Gasteiger partial charge in [0.15, 0.2) is 0 Å². The quantitative estimate of drug-likeness (QED) is 0.836. The first-order chi connectivity index (χ1) is 9.35. The molecule has 0 aromatic heterocycles. The zero-order valence-electron chi connectivity index (χ0n) is 12.0. The molecule has 0 unspecified atom stereocenters. The van der Waals surface area contributed by atoms with Gasteiger partial charge in [-0.2, -0.15) is 0 Å². The van der Waals surface area contributed by atoms with Crippen LogP contribution in [0.2, 0.25) is 0 Å². The summed E-state index contributed by atoms with van der Waals surface area (Å²) < 4.78 is 10.0. The minimum Gasteiger partial charge on any atom is -0.462 e. The molecule has 20 heavy (non-hydrogen) atoms. The summed E-state index contributed by atoms with van der Waals surface area (Å²) in [4.78, 5) is 23.8. The lowest BCUT2D eigenvalue weighted by Crippen LogP contribution is -2.20. The fourth-order valence-corrected chi connectivity index (χ4v) is 1.42. The van der Waals surface area contributed by atoms with Crippen LogP contribution >= 0.6 is 0 Å². The minimum atomic E-state index is -0.651. The van der Waals surface area contributed by atoms with Crippen molar-refractivity contribution in [3.63, 3.8) is 0 Å². The van der Waals surface area contributed by atoms with E-state index in [2.05, 4.69) is 0 Å². The molecule has 0 fully saturated rings. The van der Waals surface area contributed by atoms with Gasteiger partial charge in [0.05, 0.1) is 24.3 Å². The van der Waals surface area contributed by atoms with E-state index in [1.807, 2.05) is 20.8 Å². The molecule has 1 N–H and O–H groups in total. The predicted octanol–water partition coefficient (Wildman–Crippen LogP) is 2.04. The highest BCUT2D eigenvalue weighted by molar-refractivity contribution is 6.03. The lowest BCUT2D eigenvalue weighted by molar-refractivity contribution is 0.0345. The molecule has 0 radical (unpaired) electrons. The summed E-state index contributed by atoms with van der Waals surface area (Å²) in [6.07, 6.45) is 0. The molecule has 1 rings (SSSR count). The molecule has 0 amide bonds. The Hall–Kier alpha value is -1.88. The van der Waals surface area contributed by atoms with Gasteiger partial charge in [-0.15, -0.1) is 0 Å². The zero-order chi connectivity index (χ0) is 15.2. The topological polar surface area (TPSA) is 72.8 Å². The van der Waals surface area contributed by atoms with Crippen molar-refractivity contribution < 1.29 is 24.2 Å². The van der Waals surface area contributed by atoms with Crippen LogP contribution in [0.4, 0.5) is 0 Å². The van der Waals surface area contributed by atoms with Crippen molar-refractivity contribution in [3.05, 3.63) is 35.4 Å². The number of aliphatic hydroxyl groups excluding tert-OH is 1. The first kappa shape index (κ1) is 16.2. The SMILES string of the molecule is CC(C)(C)COC(=O)c1ccccc1C(=O)OCCO. The highest BCUT2D eigenvalue weighted by Gasteiger charge is 2.21. The predicted molar refractivity (Wildman–Crippen MR) is 73.5 cm³/mol. The molecule has 0 aliphatic heterocycles. The fraction of sp³-hybridized carbons (Fsp3) is 0.467. The Morgan fingerprint density at radius 1 is 1.05 bits per heavy atom. The third kappa shape index (κ3) is 5.01. The number of benzene rings is 1. The maximum Gasteiger partial charge on any atom is 0.339 e. The van der Waals surface area contributed by atoms with E-state index in [4.69, 9.17) is 14.6 Å². The van der Waals surface area contributed by atoms with Gasteiger partial charge in [-0.25, -0.2) is 9.59 Å². The number of aliphatic hydroxyl groups is 1. The summed E-state index contributed by atoms with van der Waals surface area (Å²) >= 11 is 0. The van der Waals surface area contributed by atoms with Crippen LogP contribution in [0.25, 0.3) is 0 Å². The van der Waals surface area contributed by atoms with Crippen LogP contribution < -0.4 is 0 Å². The maximum atomic E-state index is 12.0. The molecular weight excluding hydrogens is 260 g/mol. The molecule has 110 valence electrons. The smallest absolute Gasteiger partial charge is 0.339 e. The van der Waals surface area contributed by atoms with Crippen molar-refractivity contribution in [1.29, 1.82) is 0 Å². The van der Waals surface area contributed by atoms with E-state index in [9.17, 15) is 9.59 Å². The molecule has 0 aliphatic carbocycles. The molecule has 0 saturated heterocycles. The molecule has 0 heterocycles. The van der Waals surface area contributed by atoms with Crippen LogP contribution in [0.1, 0.15) is 41.5 Å². The van der Waals surface area contributed by atoms with Gasteiger partial charge in [-0.05, 0) is 17.5 Å². The Balaban J connectivity index is 2.84. The molecule has 0 bridgehead atoms. The molecule has 0 aliphatic rings. The van der Waals surface area contributed by atoms with Crippen molar-refractivity contribution in [3.8, 4) is 0 Å². The Labute approximate surface area is 118 Å². The van der Waals surface area contributed by atoms with Crippen molar-refractivity contribution in [2.75, 3.05) is 19.8 Å². The Morgan fingerprint density at radius 2 is 1.55 bits per heavy atom. The Morgan fingerprint density at radius 3 is 2.00 bits per heavy atom. The highest BCUT2D eigenvalue weighted by atomic mass is 16.5. The van der Waals surface area contributed by atoms with E-state index < -0.39 is 11.9 Å². The fourth-order valence-electron chi connectivity index (χ4n) is 1.42. The van der Waals surface area contributed by atoms with Crippen LogP contribution in [-0.4, -0.2) is 36.9 Å². The van der Waals surface area contributed by atoms with Crippen LogP contribution in [0, 0.1) is 5.41 Å². The van der Waals surface area contributed by atoms with Crippen molar-refractivity contribution in [2.45, 2.75) is 20.8 Å². The molecular formula is C15H20O5. The standard InChI is InChI=1S/C15H20O5/c1-15(2,3)10-20-14(18)12-7-5-4-6-11(12)13(17)19-9-8-16/h4-7,16H,8-10H2,1-3H3. The first-order valence-corrected chi connectivity index (χ1v) is 6.39. The number of carbonyl (C=O) groups excluding carboxylic acids is 2. The van der Waals surface area contributed by atoms with Crippen LogP contribution in [0.5, 0.6) is 0 Å². The summed E-state index contributed by atoms with van der Waals surface area (Å²) in [5.74, 6) is -1.21. The monoisotopic (exact) mass is 280 g/mol. The maximum absolute atomic E-state index is 12.0.